The van der Waals surface area contributed by atoms with Gasteiger partial charge in [-0.05, 0) is 42.2 Å². The van der Waals surface area contributed by atoms with Crippen LogP contribution in [0.5, 0.6) is 5.75 Å². The highest BCUT2D eigenvalue weighted by Crippen LogP contribution is 2.26. The normalized spacial score (nSPS) is 14.2. The molecule has 2 heterocycles. The van der Waals surface area contributed by atoms with E-state index in [9.17, 15) is 4.79 Å². The van der Waals surface area contributed by atoms with Gasteiger partial charge in [0.2, 0.25) is 0 Å². The van der Waals surface area contributed by atoms with Gasteiger partial charge in [0.1, 0.15) is 12.4 Å². The van der Waals surface area contributed by atoms with Gasteiger partial charge >= 0.3 is 0 Å². The van der Waals surface area contributed by atoms with Crippen LogP contribution in [0.4, 0.5) is 0 Å². The topological polar surface area (TPSA) is 32.8 Å². The summed E-state index contributed by atoms with van der Waals surface area (Å²) in [5, 5.41) is 3.85. The lowest BCUT2D eigenvalue weighted by Gasteiger charge is -2.21. The van der Waals surface area contributed by atoms with Crippen molar-refractivity contribution in [2.24, 2.45) is 0 Å². The Morgan fingerprint density at radius 3 is 2.83 bits per heavy atom. The van der Waals surface area contributed by atoms with Crippen LogP contribution in [0, 0.1) is 0 Å². The van der Waals surface area contributed by atoms with Crippen LogP contribution in [-0.2, 0) is 13.1 Å². The number of carbonyl (C=O) groups excluding carboxylic acids is 1. The van der Waals surface area contributed by atoms with Gasteiger partial charge in [-0.1, -0.05) is 19.9 Å². The average molecular weight is 344 g/mol. The fourth-order valence-electron chi connectivity index (χ4n) is 2.99. The van der Waals surface area contributed by atoms with E-state index in [1.807, 2.05) is 27.8 Å². The molecule has 0 aliphatic carbocycles. The molecule has 128 valence electrons. The Hall–Kier alpha value is -1.85. The van der Waals surface area contributed by atoms with Gasteiger partial charge in [0.25, 0.3) is 5.91 Å². The second-order valence-corrected chi connectivity index (χ2v) is 6.77. The monoisotopic (exact) mass is 344 g/mol. The number of nitrogens with zero attached hydrogens (tertiary/aromatic N) is 2. The van der Waals surface area contributed by atoms with E-state index in [0.717, 1.165) is 36.5 Å². The van der Waals surface area contributed by atoms with Crippen molar-refractivity contribution >= 4 is 17.2 Å². The Kier molecular flexibility index (Phi) is 5.53. The zero-order valence-electron chi connectivity index (χ0n) is 14.3. The molecule has 1 aliphatic heterocycles. The molecule has 3 rings (SSSR count). The number of carbonyl (C=O) groups is 1. The van der Waals surface area contributed by atoms with Crippen molar-refractivity contribution in [3.8, 4) is 5.75 Å². The van der Waals surface area contributed by atoms with E-state index in [1.165, 1.54) is 5.56 Å². The molecule has 0 spiro atoms. The summed E-state index contributed by atoms with van der Waals surface area (Å²) in [7, 11) is 0. The minimum atomic E-state index is 0.0850. The maximum absolute atomic E-state index is 12.6. The molecule has 0 fully saturated rings. The molecule has 1 aliphatic rings. The molecule has 0 saturated carbocycles. The van der Waals surface area contributed by atoms with E-state index in [0.29, 0.717) is 19.7 Å². The summed E-state index contributed by atoms with van der Waals surface area (Å²) in [4.78, 5) is 16.9. The first-order valence-corrected chi connectivity index (χ1v) is 9.44. The third-order valence-corrected chi connectivity index (χ3v) is 5.14. The molecule has 0 radical (unpaired) electrons. The van der Waals surface area contributed by atoms with E-state index < -0.39 is 0 Å². The van der Waals surface area contributed by atoms with Crippen LogP contribution >= 0.6 is 11.3 Å². The Morgan fingerprint density at radius 2 is 2.12 bits per heavy atom. The Morgan fingerprint density at radius 1 is 1.29 bits per heavy atom. The number of hydrogen-bond acceptors (Lipinski definition) is 4. The maximum Gasteiger partial charge on any atom is 0.255 e. The molecule has 0 bridgehead atoms. The van der Waals surface area contributed by atoms with Crippen LogP contribution in [0.15, 0.2) is 35.0 Å². The standard InChI is InChI=1S/C19H24N2O2S/c1-3-20(4-2)12-15-5-6-18-17(11-15)13-21(8-9-23-18)19(22)16-7-10-24-14-16/h5-7,10-11,14H,3-4,8-9,12-13H2,1-2H3. The molecule has 0 unspecified atom stereocenters. The molecule has 0 saturated heterocycles. The summed E-state index contributed by atoms with van der Waals surface area (Å²) in [5.41, 5.74) is 3.13. The molecule has 24 heavy (non-hydrogen) atoms. The van der Waals surface area contributed by atoms with Crippen molar-refractivity contribution in [3.05, 3.63) is 51.7 Å². The SMILES string of the molecule is CCN(CC)Cc1ccc2c(c1)CN(C(=O)c1ccsc1)CCO2. The Balaban J connectivity index is 1.79. The second kappa shape index (κ2) is 7.81. The largest absolute Gasteiger partial charge is 0.491 e. The predicted molar refractivity (Wildman–Crippen MR) is 97.6 cm³/mol. The molecule has 2 aromatic rings. The molecular weight excluding hydrogens is 320 g/mol. The van der Waals surface area contributed by atoms with E-state index in [-0.39, 0.29) is 5.91 Å². The minimum Gasteiger partial charge on any atom is -0.491 e. The van der Waals surface area contributed by atoms with Gasteiger partial charge in [0.05, 0.1) is 12.1 Å². The molecule has 1 aromatic heterocycles. The lowest BCUT2D eigenvalue weighted by Crippen LogP contribution is -2.32. The number of rotatable bonds is 5. The van der Waals surface area contributed by atoms with Gasteiger partial charge in [0, 0.05) is 24.0 Å². The fraction of sp³-hybridized carbons (Fsp3) is 0.421. The fourth-order valence-corrected chi connectivity index (χ4v) is 3.62. The number of thiophene rings is 1. The van der Waals surface area contributed by atoms with E-state index in [1.54, 1.807) is 11.3 Å². The number of amides is 1. The van der Waals surface area contributed by atoms with Gasteiger partial charge in [0.15, 0.2) is 0 Å². The summed E-state index contributed by atoms with van der Waals surface area (Å²) in [5.74, 6) is 0.987. The Bertz CT molecular complexity index is 681. The lowest BCUT2D eigenvalue weighted by atomic mass is 10.1. The Labute approximate surface area is 147 Å². The molecule has 0 atom stereocenters. The highest BCUT2D eigenvalue weighted by atomic mass is 32.1. The van der Waals surface area contributed by atoms with Crippen LogP contribution in [0.2, 0.25) is 0 Å². The van der Waals surface area contributed by atoms with Crippen molar-refractivity contribution < 1.29 is 9.53 Å². The molecule has 0 N–H and O–H groups in total. The lowest BCUT2D eigenvalue weighted by molar-refractivity contribution is 0.0734. The van der Waals surface area contributed by atoms with Gasteiger partial charge < -0.3 is 9.64 Å². The van der Waals surface area contributed by atoms with Crippen molar-refractivity contribution in [1.82, 2.24) is 9.80 Å². The summed E-state index contributed by atoms with van der Waals surface area (Å²) in [6.07, 6.45) is 0. The third kappa shape index (κ3) is 3.79. The first kappa shape index (κ1) is 17.0. The van der Waals surface area contributed by atoms with Crippen LogP contribution in [-0.4, -0.2) is 41.9 Å². The van der Waals surface area contributed by atoms with Crippen LogP contribution < -0.4 is 4.74 Å². The number of fused-ring (bicyclic) bond motifs is 1. The molecule has 4 nitrogen and oxygen atoms in total. The summed E-state index contributed by atoms with van der Waals surface area (Å²) < 4.78 is 5.85. The number of hydrogen-bond donors (Lipinski definition) is 0. The van der Waals surface area contributed by atoms with Crippen LogP contribution in [0.25, 0.3) is 0 Å². The van der Waals surface area contributed by atoms with Gasteiger partial charge in [-0.2, -0.15) is 11.3 Å². The highest BCUT2D eigenvalue weighted by Gasteiger charge is 2.21. The summed E-state index contributed by atoms with van der Waals surface area (Å²) >= 11 is 1.55. The smallest absolute Gasteiger partial charge is 0.255 e. The van der Waals surface area contributed by atoms with Gasteiger partial charge in [-0.3, -0.25) is 9.69 Å². The van der Waals surface area contributed by atoms with Crippen molar-refractivity contribution in [2.75, 3.05) is 26.2 Å². The van der Waals surface area contributed by atoms with Crippen molar-refractivity contribution in [1.29, 1.82) is 0 Å². The minimum absolute atomic E-state index is 0.0850. The molecule has 1 amide bonds. The summed E-state index contributed by atoms with van der Waals surface area (Å²) in [6, 6.07) is 8.25. The quantitative estimate of drug-likeness (QED) is 0.830. The number of ether oxygens (including phenoxy) is 1. The van der Waals surface area contributed by atoms with E-state index >= 15 is 0 Å². The zero-order chi connectivity index (χ0) is 16.9. The van der Waals surface area contributed by atoms with Crippen molar-refractivity contribution in [3.63, 3.8) is 0 Å². The highest BCUT2D eigenvalue weighted by molar-refractivity contribution is 7.08. The first-order chi connectivity index (χ1) is 11.7. The zero-order valence-corrected chi connectivity index (χ0v) is 15.1. The molecule has 1 aromatic carbocycles. The second-order valence-electron chi connectivity index (χ2n) is 5.99. The van der Waals surface area contributed by atoms with Gasteiger partial charge in [-0.15, -0.1) is 0 Å². The van der Waals surface area contributed by atoms with Crippen LogP contribution in [0.3, 0.4) is 0 Å². The van der Waals surface area contributed by atoms with E-state index in [4.69, 9.17) is 4.74 Å². The van der Waals surface area contributed by atoms with Crippen LogP contribution in [0.1, 0.15) is 35.3 Å². The summed E-state index contributed by atoms with van der Waals surface area (Å²) in [6.45, 7) is 9.12. The predicted octanol–water partition coefficient (Wildman–Crippen LogP) is 3.62. The molecule has 5 heteroatoms. The third-order valence-electron chi connectivity index (χ3n) is 4.46. The average Bonchev–Trinajstić information content (AvgIpc) is 3.06. The van der Waals surface area contributed by atoms with E-state index in [2.05, 4.69) is 30.9 Å². The molecular formula is C19H24N2O2S. The first-order valence-electron chi connectivity index (χ1n) is 8.49. The maximum atomic E-state index is 12.6. The van der Waals surface area contributed by atoms with Gasteiger partial charge in [-0.25, -0.2) is 0 Å². The van der Waals surface area contributed by atoms with Crippen molar-refractivity contribution in [2.45, 2.75) is 26.9 Å². The number of benzene rings is 1.